The standard InChI is InChI=1S/C14H21FN2O2/c1-18-13-6-2-5-11(15)14(13)12(17-16)8-7-10-4-3-9-19-10/h2,5-6,10,12,17H,3-4,7-9,16H2,1H3. The van der Waals surface area contributed by atoms with Crippen molar-refractivity contribution < 1.29 is 13.9 Å². The van der Waals surface area contributed by atoms with Gasteiger partial charge in [-0.1, -0.05) is 6.07 Å². The van der Waals surface area contributed by atoms with Crippen LogP contribution in [-0.2, 0) is 4.74 Å². The zero-order chi connectivity index (χ0) is 13.7. The Kier molecular flexibility index (Phi) is 5.13. The van der Waals surface area contributed by atoms with Crippen molar-refractivity contribution in [2.45, 2.75) is 37.8 Å². The summed E-state index contributed by atoms with van der Waals surface area (Å²) >= 11 is 0. The SMILES string of the molecule is COc1cccc(F)c1C(CCC1CCCO1)NN. The number of rotatable bonds is 6. The van der Waals surface area contributed by atoms with Gasteiger partial charge in [-0.05, 0) is 37.8 Å². The summed E-state index contributed by atoms with van der Waals surface area (Å²) in [5.41, 5.74) is 3.17. The molecule has 2 unspecified atom stereocenters. The third-order valence-electron chi connectivity index (χ3n) is 3.58. The van der Waals surface area contributed by atoms with Crippen molar-refractivity contribution in [1.82, 2.24) is 5.43 Å². The van der Waals surface area contributed by atoms with Crippen LogP contribution in [0.15, 0.2) is 18.2 Å². The van der Waals surface area contributed by atoms with Crippen molar-refractivity contribution in [1.29, 1.82) is 0 Å². The van der Waals surface area contributed by atoms with Crippen LogP contribution >= 0.6 is 0 Å². The largest absolute Gasteiger partial charge is 0.496 e. The first kappa shape index (κ1) is 14.2. The minimum atomic E-state index is -0.297. The predicted molar refractivity (Wildman–Crippen MR) is 71.2 cm³/mol. The molecule has 1 aliphatic rings. The molecule has 19 heavy (non-hydrogen) atoms. The van der Waals surface area contributed by atoms with E-state index in [0.29, 0.717) is 11.3 Å². The van der Waals surface area contributed by atoms with E-state index in [1.165, 1.54) is 13.2 Å². The molecule has 1 heterocycles. The summed E-state index contributed by atoms with van der Waals surface area (Å²) in [5, 5.41) is 0. The van der Waals surface area contributed by atoms with Crippen LogP contribution in [0.3, 0.4) is 0 Å². The molecule has 0 aromatic heterocycles. The number of hydrogen-bond donors (Lipinski definition) is 2. The molecule has 0 bridgehead atoms. The smallest absolute Gasteiger partial charge is 0.131 e. The van der Waals surface area contributed by atoms with E-state index in [-0.39, 0.29) is 18.0 Å². The second-order valence-corrected chi connectivity index (χ2v) is 4.79. The number of methoxy groups -OCH3 is 1. The Balaban J connectivity index is 2.07. The molecular weight excluding hydrogens is 247 g/mol. The molecule has 1 aliphatic heterocycles. The van der Waals surface area contributed by atoms with Gasteiger partial charge in [-0.2, -0.15) is 0 Å². The van der Waals surface area contributed by atoms with Crippen LogP contribution in [0.2, 0.25) is 0 Å². The number of hydrogen-bond acceptors (Lipinski definition) is 4. The highest BCUT2D eigenvalue weighted by Crippen LogP contribution is 2.31. The fraction of sp³-hybridized carbons (Fsp3) is 0.571. The number of hydrazine groups is 1. The van der Waals surface area contributed by atoms with Gasteiger partial charge in [0, 0.05) is 12.2 Å². The van der Waals surface area contributed by atoms with E-state index < -0.39 is 0 Å². The number of halogens is 1. The number of nitrogens with two attached hydrogens (primary N) is 1. The average molecular weight is 268 g/mol. The normalized spacial score (nSPS) is 20.5. The zero-order valence-corrected chi connectivity index (χ0v) is 11.2. The average Bonchev–Trinajstić information content (AvgIpc) is 2.94. The first-order valence-corrected chi connectivity index (χ1v) is 6.66. The van der Waals surface area contributed by atoms with E-state index in [1.54, 1.807) is 12.1 Å². The van der Waals surface area contributed by atoms with Crippen molar-refractivity contribution in [3.63, 3.8) is 0 Å². The van der Waals surface area contributed by atoms with E-state index in [0.717, 1.165) is 32.3 Å². The van der Waals surface area contributed by atoms with Crippen LogP contribution in [0.5, 0.6) is 5.75 Å². The quantitative estimate of drug-likeness (QED) is 0.614. The molecule has 0 aliphatic carbocycles. The van der Waals surface area contributed by atoms with Crippen LogP contribution in [0, 0.1) is 5.82 Å². The molecule has 1 saturated heterocycles. The summed E-state index contributed by atoms with van der Waals surface area (Å²) in [6.45, 7) is 0.828. The Bertz CT molecular complexity index is 408. The van der Waals surface area contributed by atoms with E-state index in [2.05, 4.69) is 5.43 Å². The van der Waals surface area contributed by atoms with E-state index in [1.807, 2.05) is 0 Å². The second kappa shape index (κ2) is 6.84. The summed E-state index contributed by atoms with van der Waals surface area (Å²) < 4.78 is 24.8. The van der Waals surface area contributed by atoms with Crippen molar-refractivity contribution in [3.8, 4) is 5.75 Å². The van der Waals surface area contributed by atoms with Crippen LogP contribution in [0.1, 0.15) is 37.3 Å². The van der Waals surface area contributed by atoms with Gasteiger partial charge in [0.1, 0.15) is 11.6 Å². The molecule has 5 heteroatoms. The van der Waals surface area contributed by atoms with Crippen LogP contribution in [-0.4, -0.2) is 19.8 Å². The molecule has 0 radical (unpaired) electrons. The third-order valence-corrected chi connectivity index (χ3v) is 3.58. The van der Waals surface area contributed by atoms with Gasteiger partial charge < -0.3 is 9.47 Å². The molecule has 1 aromatic rings. The number of nitrogens with one attached hydrogen (secondary N) is 1. The summed E-state index contributed by atoms with van der Waals surface area (Å²) in [5.74, 6) is 5.80. The van der Waals surface area contributed by atoms with Crippen molar-refractivity contribution >= 4 is 0 Å². The Hall–Kier alpha value is -1.17. The first-order valence-electron chi connectivity index (χ1n) is 6.66. The molecule has 1 aromatic carbocycles. The number of ether oxygens (including phenoxy) is 2. The first-order chi connectivity index (χ1) is 9.26. The molecular formula is C14H21FN2O2. The fourth-order valence-corrected chi connectivity index (χ4v) is 2.57. The Morgan fingerprint density at radius 1 is 1.58 bits per heavy atom. The van der Waals surface area contributed by atoms with Gasteiger partial charge in [-0.3, -0.25) is 11.3 Å². The molecule has 0 amide bonds. The van der Waals surface area contributed by atoms with Crippen LogP contribution in [0.25, 0.3) is 0 Å². The van der Waals surface area contributed by atoms with Gasteiger partial charge in [-0.25, -0.2) is 4.39 Å². The fourth-order valence-electron chi connectivity index (χ4n) is 2.57. The highest BCUT2D eigenvalue weighted by Gasteiger charge is 2.22. The lowest BCUT2D eigenvalue weighted by atomic mass is 9.98. The van der Waals surface area contributed by atoms with E-state index >= 15 is 0 Å². The van der Waals surface area contributed by atoms with Crippen molar-refractivity contribution in [3.05, 3.63) is 29.6 Å². The van der Waals surface area contributed by atoms with Gasteiger partial charge in [0.05, 0.1) is 19.3 Å². The maximum absolute atomic E-state index is 14.0. The lowest BCUT2D eigenvalue weighted by Crippen LogP contribution is -2.30. The zero-order valence-electron chi connectivity index (χ0n) is 11.2. The molecule has 1 fully saturated rings. The molecule has 2 rings (SSSR count). The Morgan fingerprint density at radius 3 is 3.05 bits per heavy atom. The van der Waals surface area contributed by atoms with Crippen molar-refractivity contribution in [2.24, 2.45) is 5.84 Å². The maximum atomic E-state index is 14.0. The monoisotopic (exact) mass is 268 g/mol. The van der Waals surface area contributed by atoms with Crippen molar-refractivity contribution in [2.75, 3.05) is 13.7 Å². The minimum Gasteiger partial charge on any atom is -0.496 e. The molecule has 2 atom stereocenters. The molecule has 106 valence electrons. The second-order valence-electron chi connectivity index (χ2n) is 4.79. The van der Waals surface area contributed by atoms with Crippen LogP contribution in [0.4, 0.5) is 4.39 Å². The minimum absolute atomic E-state index is 0.264. The Morgan fingerprint density at radius 2 is 2.42 bits per heavy atom. The predicted octanol–water partition coefficient (Wildman–Crippen LogP) is 2.30. The summed E-state index contributed by atoms with van der Waals surface area (Å²) in [6.07, 6.45) is 4.04. The third kappa shape index (κ3) is 3.43. The number of benzene rings is 1. The molecule has 0 saturated carbocycles. The lowest BCUT2D eigenvalue weighted by molar-refractivity contribution is 0.0993. The molecule has 3 N–H and O–H groups in total. The van der Waals surface area contributed by atoms with E-state index in [9.17, 15) is 4.39 Å². The molecule has 4 nitrogen and oxygen atoms in total. The van der Waals surface area contributed by atoms with Gasteiger partial charge >= 0.3 is 0 Å². The topological polar surface area (TPSA) is 56.5 Å². The maximum Gasteiger partial charge on any atom is 0.131 e. The van der Waals surface area contributed by atoms with Gasteiger partial charge in [0.25, 0.3) is 0 Å². The lowest BCUT2D eigenvalue weighted by Gasteiger charge is -2.21. The highest BCUT2D eigenvalue weighted by atomic mass is 19.1. The van der Waals surface area contributed by atoms with Gasteiger partial charge in [0.2, 0.25) is 0 Å². The van der Waals surface area contributed by atoms with Crippen LogP contribution < -0.4 is 16.0 Å². The molecule has 0 spiro atoms. The Labute approximate surface area is 113 Å². The van der Waals surface area contributed by atoms with E-state index in [4.69, 9.17) is 15.3 Å². The van der Waals surface area contributed by atoms with Gasteiger partial charge in [-0.15, -0.1) is 0 Å². The van der Waals surface area contributed by atoms with Gasteiger partial charge in [0.15, 0.2) is 0 Å². The summed E-state index contributed by atoms with van der Waals surface area (Å²) in [6, 6.07) is 4.54. The summed E-state index contributed by atoms with van der Waals surface area (Å²) in [4.78, 5) is 0. The highest BCUT2D eigenvalue weighted by molar-refractivity contribution is 5.37. The summed E-state index contributed by atoms with van der Waals surface area (Å²) in [7, 11) is 1.53.